The molecule has 128 valence electrons. The molecule has 1 heterocycles. The molecule has 0 aliphatic heterocycles. The Balaban J connectivity index is 1.56. The quantitative estimate of drug-likeness (QED) is 0.642. The molecule has 7 heteroatoms. The minimum atomic E-state index is -1.05. The summed E-state index contributed by atoms with van der Waals surface area (Å²) in [7, 11) is 0. The Morgan fingerprint density at radius 1 is 1.24 bits per heavy atom. The molecule has 0 bridgehead atoms. The van der Waals surface area contributed by atoms with Crippen molar-refractivity contribution in [2.45, 2.75) is 19.1 Å². The fourth-order valence-corrected chi connectivity index (χ4v) is 2.45. The average molecular weight is 340 g/mol. The van der Waals surface area contributed by atoms with Crippen LogP contribution in [0.4, 0.5) is 4.39 Å². The Morgan fingerprint density at radius 3 is 2.84 bits per heavy atom. The lowest BCUT2D eigenvalue weighted by Crippen LogP contribution is -2.24. The summed E-state index contributed by atoms with van der Waals surface area (Å²) in [6, 6.07) is 13.1. The lowest BCUT2D eigenvalue weighted by atomic mass is 10.1. The van der Waals surface area contributed by atoms with Crippen LogP contribution in [-0.4, -0.2) is 26.2 Å². The first-order valence-corrected chi connectivity index (χ1v) is 7.77. The maximum absolute atomic E-state index is 13.2. The average Bonchev–Trinajstić information content (AvgIpc) is 3.15. The minimum Gasteiger partial charge on any atom is -0.388 e. The number of H-pyrrole nitrogens is 1. The maximum atomic E-state index is 13.2. The highest BCUT2D eigenvalue weighted by Gasteiger charge is 2.13. The Bertz CT molecular complexity index is 852. The summed E-state index contributed by atoms with van der Waals surface area (Å²) in [5.74, 6) is -0.113. The molecule has 0 saturated heterocycles. The molecule has 0 aliphatic carbocycles. The molecule has 0 aliphatic rings. The van der Waals surface area contributed by atoms with Gasteiger partial charge in [0.05, 0.1) is 12.5 Å². The second kappa shape index (κ2) is 7.67. The van der Waals surface area contributed by atoms with Gasteiger partial charge in [-0.3, -0.25) is 9.89 Å². The van der Waals surface area contributed by atoms with Gasteiger partial charge in [-0.05, 0) is 29.3 Å². The van der Waals surface area contributed by atoms with Gasteiger partial charge >= 0.3 is 0 Å². The first-order chi connectivity index (χ1) is 12.1. The molecule has 25 heavy (non-hydrogen) atoms. The zero-order valence-corrected chi connectivity index (χ0v) is 13.3. The highest BCUT2D eigenvalue weighted by molar-refractivity contribution is 5.76. The van der Waals surface area contributed by atoms with E-state index < -0.39 is 11.9 Å². The van der Waals surface area contributed by atoms with E-state index in [4.69, 9.17) is 0 Å². The lowest BCUT2D eigenvalue weighted by molar-refractivity contribution is -0.123. The third-order valence-electron chi connectivity index (χ3n) is 3.72. The number of rotatable bonds is 6. The van der Waals surface area contributed by atoms with Crippen molar-refractivity contribution < 1.29 is 14.3 Å². The first-order valence-electron chi connectivity index (χ1n) is 7.77. The number of carbonyl (C=O) groups is 1. The van der Waals surface area contributed by atoms with E-state index in [1.54, 1.807) is 6.07 Å². The number of halogens is 1. The lowest BCUT2D eigenvalue weighted by Gasteiger charge is -2.12. The molecule has 1 atom stereocenters. The highest BCUT2D eigenvalue weighted by atomic mass is 19.1. The largest absolute Gasteiger partial charge is 0.388 e. The van der Waals surface area contributed by atoms with Crippen molar-refractivity contribution in [2.75, 3.05) is 0 Å². The molecule has 1 aromatic heterocycles. The molecule has 3 rings (SSSR count). The van der Waals surface area contributed by atoms with Gasteiger partial charge in [-0.2, -0.15) is 5.10 Å². The summed E-state index contributed by atoms with van der Waals surface area (Å²) < 4.78 is 13.2. The van der Waals surface area contributed by atoms with Gasteiger partial charge in [-0.1, -0.05) is 30.3 Å². The van der Waals surface area contributed by atoms with Crippen LogP contribution in [0.3, 0.4) is 0 Å². The van der Waals surface area contributed by atoms with Gasteiger partial charge in [0.15, 0.2) is 5.82 Å². The summed E-state index contributed by atoms with van der Waals surface area (Å²) in [5, 5.41) is 19.4. The molecular formula is C18H17FN4O2. The van der Waals surface area contributed by atoms with E-state index in [2.05, 4.69) is 20.5 Å². The monoisotopic (exact) mass is 340 g/mol. The van der Waals surface area contributed by atoms with Crippen molar-refractivity contribution in [3.05, 3.63) is 71.8 Å². The summed E-state index contributed by atoms with van der Waals surface area (Å²) >= 11 is 0. The molecule has 0 radical (unpaired) electrons. The predicted molar refractivity (Wildman–Crippen MR) is 89.6 cm³/mol. The van der Waals surface area contributed by atoms with Gasteiger partial charge in [0, 0.05) is 12.1 Å². The van der Waals surface area contributed by atoms with E-state index in [1.165, 1.54) is 24.5 Å². The number of aromatic nitrogens is 3. The standard InChI is InChI=1S/C18H17FN4O2/c19-15-6-2-4-13(8-15)16(24)9-17(25)20-10-12-3-1-5-14(7-12)18-21-11-22-23-18/h1-8,11,16,24H,9-10H2,(H,20,25)(H,21,22,23). The number of aliphatic hydroxyl groups is 1. The van der Waals surface area contributed by atoms with Gasteiger partial charge in [-0.25, -0.2) is 9.37 Å². The van der Waals surface area contributed by atoms with Crippen LogP contribution in [0.15, 0.2) is 54.9 Å². The second-order valence-electron chi connectivity index (χ2n) is 5.59. The van der Waals surface area contributed by atoms with Gasteiger partial charge < -0.3 is 10.4 Å². The Morgan fingerprint density at radius 2 is 2.08 bits per heavy atom. The first kappa shape index (κ1) is 16.8. The van der Waals surface area contributed by atoms with Crippen molar-refractivity contribution in [2.24, 2.45) is 0 Å². The number of hydrogen-bond acceptors (Lipinski definition) is 4. The SMILES string of the molecule is O=C(CC(O)c1cccc(F)c1)NCc1cccc(-c2ncn[nH]2)c1. The van der Waals surface area contributed by atoms with Crippen molar-refractivity contribution >= 4 is 5.91 Å². The van der Waals surface area contributed by atoms with Gasteiger partial charge in [0.2, 0.25) is 5.91 Å². The summed E-state index contributed by atoms with van der Waals surface area (Å²) in [4.78, 5) is 16.1. The maximum Gasteiger partial charge on any atom is 0.223 e. The molecular weight excluding hydrogens is 323 g/mol. The van der Waals surface area contributed by atoms with E-state index >= 15 is 0 Å². The third kappa shape index (κ3) is 4.48. The topological polar surface area (TPSA) is 90.9 Å². The van der Waals surface area contributed by atoms with Gasteiger partial charge in [-0.15, -0.1) is 0 Å². The smallest absolute Gasteiger partial charge is 0.223 e. The van der Waals surface area contributed by atoms with E-state index in [-0.39, 0.29) is 12.3 Å². The van der Waals surface area contributed by atoms with Crippen LogP contribution in [0.1, 0.15) is 23.7 Å². The zero-order chi connectivity index (χ0) is 17.6. The van der Waals surface area contributed by atoms with Gasteiger partial charge in [0.25, 0.3) is 0 Å². The van der Waals surface area contributed by atoms with Crippen LogP contribution in [0.25, 0.3) is 11.4 Å². The van der Waals surface area contributed by atoms with Crippen LogP contribution in [0.5, 0.6) is 0 Å². The minimum absolute atomic E-state index is 0.134. The molecule has 0 fully saturated rings. The van der Waals surface area contributed by atoms with Crippen molar-refractivity contribution in [3.8, 4) is 11.4 Å². The Kier molecular flexibility index (Phi) is 5.15. The number of amides is 1. The number of aliphatic hydroxyl groups excluding tert-OH is 1. The van der Waals surface area contributed by atoms with Crippen LogP contribution in [0, 0.1) is 5.82 Å². The molecule has 3 aromatic rings. The summed E-state index contributed by atoms with van der Waals surface area (Å²) in [6.45, 7) is 0.316. The summed E-state index contributed by atoms with van der Waals surface area (Å²) in [5.41, 5.74) is 2.13. The number of aromatic amines is 1. The molecule has 1 amide bonds. The van der Waals surface area contributed by atoms with Crippen LogP contribution < -0.4 is 5.32 Å². The molecule has 1 unspecified atom stereocenters. The van der Waals surface area contributed by atoms with E-state index in [0.717, 1.165) is 11.1 Å². The zero-order valence-electron chi connectivity index (χ0n) is 13.3. The Hall–Kier alpha value is -3.06. The second-order valence-corrected chi connectivity index (χ2v) is 5.59. The third-order valence-corrected chi connectivity index (χ3v) is 3.72. The number of benzene rings is 2. The van der Waals surface area contributed by atoms with E-state index in [9.17, 15) is 14.3 Å². The fourth-order valence-electron chi connectivity index (χ4n) is 2.45. The molecule has 2 aromatic carbocycles. The van der Waals surface area contributed by atoms with E-state index in [0.29, 0.717) is 17.9 Å². The molecule has 0 spiro atoms. The molecule has 6 nitrogen and oxygen atoms in total. The van der Waals surface area contributed by atoms with Crippen LogP contribution in [0.2, 0.25) is 0 Å². The number of nitrogens with zero attached hydrogens (tertiary/aromatic N) is 2. The number of carbonyl (C=O) groups excluding carboxylic acids is 1. The Labute approximate surface area is 143 Å². The molecule has 3 N–H and O–H groups in total. The summed E-state index contributed by atoms with van der Waals surface area (Å²) in [6.07, 6.45) is 0.249. The van der Waals surface area contributed by atoms with Crippen molar-refractivity contribution in [3.63, 3.8) is 0 Å². The number of hydrogen-bond donors (Lipinski definition) is 3. The van der Waals surface area contributed by atoms with Crippen molar-refractivity contribution in [1.82, 2.24) is 20.5 Å². The highest BCUT2D eigenvalue weighted by Crippen LogP contribution is 2.18. The normalized spacial score (nSPS) is 11.9. The molecule has 0 saturated carbocycles. The van der Waals surface area contributed by atoms with Crippen LogP contribution in [-0.2, 0) is 11.3 Å². The predicted octanol–water partition coefficient (Wildman–Crippen LogP) is 2.35. The van der Waals surface area contributed by atoms with Gasteiger partial charge in [0.1, 0.15) is 12.1 Å². The van der Waals surface area contributed by atoms with Crippen LogP contribution >= 0.6 is 0 Å². The van der Waals surface area contributed by atoms with E-state index in [1.807, 2.05) is 24.3 Å². The number of nitrogens with one attached hydrogen (secondary N) is 2. The van der Waals surface area contributed by atoms with Crippen molar-refractivity contribution in [1.29, 1.82) is 0 Å². The fraction of sp³-hybridized carbons (Fsp3) is 0.167.